The number of carbonyl (C=O) groups excluding carboxylic acids is 1. The smallest absolute Gasteiger partial charge is 0.236 e. The lowest BCUT2D eigenvalue weighted by molar-refractivity contribution is -0.124. The van der Waals surface area contributed by atoms with Crippen molar-refractivity contribution in [1.82, 2.24) is 10.0 Å². The van der Waals surface area contributed by atoms with E-state index in [2.05, 4.69) is 5.32 Å². The van der Waals surface area contributed by atoms with Crippen molar-refractivity contribution in [2.75, 3.05) is 19.3 Å². The molecule has 1 aliphatic rings. The van der Waals surface area contributed by atoms with Gasteiger partial charge in [0.25, 0.3) is 0 Å². The lowest BCUT2D eigenvalue weighted by atomic mass is 9.89. The molecule has 1 rings (SSSR count). The first-order chi connectivity index (χ1) is 5.90. The summed E-state index contributed by atoms with van der Waals surface area (Å²) < 4.78 is 23.4. The number of amides is 1. The van der Waals surface area contributed by atoms with Gasteiger partial charge in [-0.2, -0.15) is 0 Å². The highest BCUT2D eigenvalue weighted by molar-refractivity contribution is 7.89. The van der Waals surface area contributed by atoms with Crippen molar-refractivity contribution < 1.29 is 13.2 Å². The van der Waals surface area contributed by atoms with Crippen LogP contribution in [0.2, 0.25) is 0 Å². The van der Waals surface area contributed by atoms with E-state index in [1.165, 1.54) is 0 Å². The Labute approximate surface area is 77.9 Å². The predicted octanol–water partition coefficient (Wildman–Crippen LogP) is -1.08. The van der Waals surface area contributed by atoms with Crippen LogP contribution >= 0.6 is 0 Å². The van der Waals surface area contributed by atoms with E-state index in [4.69, 9.17) is 0 Å². The maximum Gasteiger partial charge on any atom is 0.236 e. The lowest BCUT2D eigenvalue weighted by Gasteiger charge is -2.31. The fourth-order valence-corrected chi connectivity index (χ4v) is 1.71. The van der Waals surface area contributed by atoms with Gasteiger partial charge < -0.3 is 5.32 Å². The Morgan fingerprint density at radius 3 is 2.38 bits per heavy atom. The van der Waals surface area contributed by atoms with Crippen LogP contribution in [-0.2, 0) is 14.8 Å². The Hall–Kier alpha value is -0.620. The molecule has 1 amide bonds. The van der Waals surface area contributed by atoms with E-state index in [0.29, 0.717) is 0 Å². The average molecular weight is 206 g/mol. The van der Waals surface area contributed by atoms with Crippen molar-refractivity contribution in [3.05, 3.63) is 0 Å². The van der Waals surface area contributed by atoms with Gasteiger partial charge in [-0.1, -0.05) is 6.92 Å². The Bertz CT molecular complexity index is 295. The molecule has 0 spiro atoms. The monoisotopic (exact) mass is 206 g/mol. The summed E-state index contributed by atoms with van der Waals surface area (Å²) in [6.07, 6.45) is 0.983. The molecule has 0 aromatic carbocycles. The van der Waals surface area contributed by atoms with Gasteiger partial charge in [0, 0.05) is 5.92 Å². The maximum absolute atomic E-state index is 11.3. The molecule has 1 heterocycles. The minimum atomic E-state index is -3.41. The van der Waals surface area contributed by atoms with Crippen molar-refractivity contribution in [1.29, 1.82) is 0 Å². The molecule has 13 heavy (non-hydrogen) atoms. The molecular weight excluding hydrogens is 192 g/mol. The molecule has 1 saturated heterocycles. The summed E-state index contributed by atoms with van der Waals surface area (Å²) in [5.41, 5.74) is 0. The van der Waals surface area contributed by atoms with Gasteiger partial charge in [-0.25, -0.2) is 8.42 Å². The second kappa shape index (κ2) is 3.63. The largest absolute Gasteiger partial charge is 0.316 e. The van der Waals surface area contributed by atoms with Gasteiger partial charge in [0.1, 0.15) is 0 Å². The average Bonchev–Trinajstić information content (AvgIpc) is 1.78. The van der Waals surface area contributed by atoms with Crippen molar-refractivity contribution in [2.24, 2.45) is 11.8 Å². The highest BCUT2D eigenvalue weighted by Gasteiger charge is 2.29. The summed E-state index contributed by atoms with van der Waals surface area (Å²) in [7, 11) is -3.41. The van der Waals surface area contributed by atoms with Crippen LogP contribution in [0.5, 0.6) is 0 Å². The lowest BCUT2D eigenvalue weighted by Crippen LogP contribution is -2.50. The zero-order valence-corrected chi connectivity index (χ0v) is 8.52. The van der Waals surface area contributed by atoms with Gasteiger partial charge in [0.15, 0.2) is 0 Å². The summed E-state index contributed by atoms with van der Waals surface area (Å²) in [5, 5.41) is 3.03. The summed E-state index contributed by atoms with van der Waals surface area (Å²) in [4.78, 5) is 11.3. The molecule has 2 N–H and O–H groups in total. The van der Waals surface area contributed by atoms with Gasteiger partial charge in [0.05, 0.1) is 6.26 Å². The number of rotatable bonds is 3. The summed E-state index contributed by atoms with van der Waals surface area (Å²) in [5.74, 6) is -0.383. The molecule has 0 aliphatic carbocycles. The SMILES string of the molecule is CC(C(=O)NS(C)(=O)=O)C1CNC1. The minimum Gasteiger partial charge on any atom is -0.316 e. The van der Waals surface area contributed by atoms with E-state index in [0.717, 1.165) is 19.3 Å². The molecule has 0 aromatic heterocycles. The van der Waals surface area contributed by atoms with Gasteiger partial charge in [-0.15, -0.1) is 0 Å². The molecule has 0 aromatic rings. The Kier molecular flexibility index (Phi) is 2.92. The fourth-order valence-electron chi connectivity index (χ4n) is 1.15. The first-order valence-electron chi connectivity index (χ1n) is 4.12. The number of carbonyl (C=O) groups is 1. The third kappa shape index (κ3) is 2.96. The van der Waals surface area contributed by atoms with E-state index < -0.39 is 15.9 Å². The Morgan fingerprint density at radius 2 is 2.08 bits per heavy atom. The van der Waals surface area contributed by atoms with Crippen LogP contribution < -0.4 is 10.0 Å². The highest BCUT2D eigenvalue weighted by atomic mass is 32.2. The summed E-state index contributed by atoms with van der Waals surface area (Å²) in [6.45, 7) is 3.32. The number of hydrogen-bond acceptors (Lipinski definition) is 4. The first-order valence-corrected chi connectivity index (χ1v) is 6.01. The number of hydrogen-bond donors (Lipinski definition) is 2. The van der Waals surface area contributed by atoms with Gasteiger partial charge >= 0.3 is 0 Å². The number of nitrogens with one attached hydrogen (secondary N) is 2. The summed E-state index contributed by atoms with van der Waals surface area (Å²) in [6, 6.07) is 0. The van der Waals surface area contributed by atoms with Crippen LogP contribution in [0.3, 0.4) is 0 Å². The molecule has 6 heteroatoms. The van der Waals surface area contributed by atoms with E-state index in [1.54, 1.807) is 6.92 Å². The topological polar surface area (TPSA) is 75.3 Å². The zero-order chi connectivity index (χ0) is 10.1. The highest BCUT2D eigenvalue weighted by Crippen LogP contribution is 2.15. The van der Waals surface area contributed by atoms with Crippen LogP contribution in [0.25, 0.3) is 0 Å². The van der Waals surface area contributed by atoms with Crippen molar-refractivity contribution >= 4 is 15.9 Å². The molecule has 0 saturated carbocycles. The first kappa shape index (κ1) is 10.5. The van der Waals surface area contributed by atoms with E-state index in [-0.39, 0.29) is 11.8 Å². The molecule has 5 nitrogen and oxygen atoms in total. The molecule has 1 aliphatic heterocycles. The van der Waals surface area contributed by atoms with Gasteiger partial charge in [0.2, 0.25) is 15.9 Å². The molecular formula is C7H14N2O3S. The molecule has 1 atom stereocenters. The standard InChI is InChI=1S/C7H14N2O3S/c1-5(6-3-8-4-6)7(10)9-13(2,11)12/h5-6,8H,3-4H2,1-2H3,(H,9,10). The maximum atomic E-state index is 11.3. The Balaban J connectivity index is 2.47. The third-order valence-electron chi connectivity index (χ3n) is 2.22. The molecule has 1 unspecified atom stereocenters. The van der Waals surface area contributed by atoms with Crippen molar-refractivity contribution in [2.45, 2.75) is 6.92 Å². The molecule has 0 radical (unpaired) electrons. The Morgan fingerprint density at radius 1 is 1.54 bits per heavy atom. The second-order valence-electron chi connectivity index (χ2n) is 3.45. The minimum absolute atomic E-state index is 0.240. The van der Waals surface area contributed by atoms with Crippen LogP contribution in [0.1, 0.15) is 6.92 Å². The van der Waals surface area contributed by atoms with Crippen molar-refractivity contribution in [3.63, 3.8) is 0 Å². The van der Waals surface area contributed by atoms with Crippen LogP contribution in [-0.4, -0.2) is 33.7 Å². The molecule has 0 bridgehead atoms. The van der Waals surface area contributed by atoms with Gasteiger partial charge in [-0.3, -0.25) is 9.52 Å². The van der Waals surface area contributed by atoms with Crippen molar-refractivity contribution in [3.8, 4) is 0 Å². The van der Waals surface area contributed by atoms with E-state index in [9.17, 15) is 13.2 Å². The third-order valence-corrected chi connectivity index (χ3v) is 2.79. The van der Waals surface area contributed by atoms with E-state index >= 15 is 0 Å². The van der Waals surface area contributed by atoms with Crippen LogP contribution in [0.15, 0.2) is 0 Å². The summed E-state index contributed by atoms with van der Waals surface area (Å²) >= 11 is 0. The zero-order valence-electron chi connectivity index (χ0n) is 7.70. The number of sulfonamides is 1. The van der Waals surface area contributed by atoms with E-state index in [1.807, 2.05) is 4.72 Å². The quantitative estimate of drug-likeness (QED) is 0.616. The van der Waals surface area contributed by atoms with Crippen LogP contribution in [0, 0.1) is 11.8 Å². The second-order valence-corrected chi connectivity index (χ2v) is 5.19. The molecule has 76 valence electrons. The normalized spacial score (nSPS) is 20.5. The molecule has 1 fully saturated rings. The predicted molar refractivity (Wildman–Crippen MR) is 48.5 cm³/mol. The van der Waals surface area contributed by atoms with Crippen LogP contribution in [0.4, 0.5) is 0 Å². The fraction of sp³-hybridized carbons (Fsp3) is 0.857. The van der Waals surface area contributed by atoms with Gasteiger partial charge in [-0.05, 0) is 19.0 Å².